The molecular formula is C31H37Cl2N3O6S. The van der Waals surface area contributed by atoms with Crippen LogP contribution in [0.5, 0.6) is 11.5 Å². The first kappa shape index (κ1) is 34.0. The SMILES string of the molecule is CC[C@@H](C)NC(=O)[C@H](Cc1ccccc1)N(Cc1ccc(Cl)cc1Cl)C(=O)CN(c1ccc(OC)cc1OC)S(C)(=O)=O. The van der Waals surface area contributed by atoms with E-state index in [0.29, 0.717) is 27.8 Å². The van der Waals surface area contributed by atoms with Crippen LogP contribution >= 0.6 is 23.2 Å². The van der Waals surface area contributed by atoms with Crippen molar-refractivity contribution in [2.45, 2.75) is 45.3 Å². The summed E-state index contributed by atoms with van der Waals surface area (Å²) in [6.45, 7) is 3.15. The van der Waals surface area contributed by atoms with Crippen LogP contribution in [0.15, 0.2) is 66.7 Å². The van der Waals surface area contributed by atoms with Crippen molar-refractivity contribution in [1.29, 1.82) is 0 Å². The monoisotopic (exact) mass is 649 g/mol. The number of methoxy groups -OCH3 is 2. The van der Waals surface area contributed by atoms with Gasteiger partial charge in [-0.25, -0.2) is 8.42 Å². The zero-order valence-electron chi connectivity index (χ0n) is 24.8. The highest BCUT2D eigenvalue weighted by Crippen LogP contribution is 2.34. The van der Waals surface area contributed by atoms with Gasteiger partial charge in [0.25, 0.3) is 0 Å². The van der Waals surface area contributed by atoms with E-state index in [1.165, 1.54) is 31.3 Å². The number of nitrogens with one attached hydrogen (secondary N) is 1. The molecule has 1 N–H and O–H groups in total. The topological polar surface area (TPSA) is 105 Å². The summed E-state index contributed by atoms with van der Waals surface area (Å²) in [7, 11) is -1.12. The van der Waals surface area contributed by atoms with Crippen LogP contribution in [0.4, 0.5) is 5.69 Å². The lowest BCUT2D eigenvalue weighted by Gasteiger charge is -2.34. The van der Waals surface area contributed by atoms with E-state index >= 15 is 0 Å². The van der Waals surface area contributed by atoms with Gasteiger partial charge in [-0.3, -0.25) is 13.9 Å². The molecule has 232 valence electrons. The van der Waals surface area contributed by atoms with Gasteiger partial charge in [0.15, 0.2) is 0 Å². The van der Waals surface area contributed by atoms with Crippen LogP contribution in [0, 0.1) is 0 Å². The van der Waals surface area contributed by atoms with Gasteiger partial charge >= 0.3 is 0 Å². The molecule has 0 spiro atoms. The van der Waals surface area contributed by atoms with Crippen LogP contribution in [0.2, 0.25) is 10.0 Å². The Labute approximate surface area is 263 Å². The Morgan fingerprint density at radius 1 is 0.977 bits per heavy atom. The number of amides is 2. The summed E-state index contributed by atoms with van der Waals surface area (Å²) in [5, 5.41) is 3.71. The van der Waals surface area contributed by atoms with Gasteiger partial charge in [0.2, 0.25) is 21.8 Å². The second-order valence-electron chi connectivity index (χ2n) is 10.1. The van der Waals surface area contributed by atoms with Gasteiger partial charge < -0.3 is 19.7 Å². The van der Waals surface area contributed by atoms with E-state index < -0.39 is 28.5 Å². The van der Waals surface area contributed by atoms with E-state index in [0.717, 1.165) is 16.1 Å². The second kappa shape index (κ2) is 15.3. The molecule has 0 aliphatic carbocycles. The number of benzene rings is 3. The van der Waals surface area contributed by atoms with Gasteiger partial charge in [-0.1, -0.05) is 66.5 Å². The van der Waals surface area contributed by atoms with Gasteiger partial charge in [-0.2, -0.15) is 0 Å². The fourth-order valence-electron chi connectivity index (χ4n) is 4.41. The molecule has 3 aromatic rings. The fraction of sp³-hybridized carbons (Fsp3) is 0.355. The molecular weight excluding hydrogens is 613 g/mol. The third-order valence-electron chi connectivity index (χ3n) is 6.96. The number of anilines is 1. The molecule has 0 fully saturated rings. The molecule has 0 aliphatic heterocycles. The van der Waals surface area contributed by atoms with Gasteiger partial charge in [-0.15, -0.1) is 0 Å². The lowest BCUT2D eigenvalue weighted by atomic mass is 10.0. The van der Waals surface area contributed by atoms with E-state index in [4.69, 9.17) is 32.7 Å². The van der Waals surface area contributed by atoms with Crippen molar-refractivity contribution in [3.05, 3.63) is 87.9 Å². The van der Waals surface area contributed by atoms with E-state index in [1.54, 1.807) is 24.3 Å². The summed E-state index contributed by atoms with van der Waals surface area (Å²) in [5.41, 5.74) is 1.51. The molecule has 0 unspecified atom stereocenters. The van der Waals surface area contributed by atoms with Gasteiger partial charge in [-0.05, 0) is 48.7 Å². The highest BCUT2D eigenvalue weighted by molar-refractivity contribution is 7.92. The van der Waals surface area contributed by atoms with Crippen molar-refractivity contribution in [3.63, 3.8) is 0 Å². The molecule has 9 nitrogen and oxygen atoms in total. The van der Waals surface area contributed by atoms with Crippen molar-refractivity contribution in [1.82, 2.24) is 10.2 Å². The number of hydrogen-bond donors (Lipinski definition) is 1. The summed E-state index contributed by atoms with van der Waals surface area (Å²) in [6, 6.07) is 17.6. The first-order valence-electron chi connectivity index (χ1n) is 13.6. The molecule has 12 heteroatoms. The Morgan fingerprint density at radius 2 is 1.67 bits per heavy atom. The molecule has 43 heavy (non-hydrogen) atoms. The molecule has 0 saturated heterocycles. The van der Waals surface area contributed by atoms with E-state index in [-0.39, 0.29) is 36.4 Å². The Balaban J connectivity index is 2.13. The average molecular weight is 651 g/mol. The van der Waals surface area contributed by atoms with Crippen LogP contribution in [0.3, 0.4) is 0 Å². The number of halogens is 2. The largest absolute Gasteiger partial charge is 0.497 e. The van der Waals surface area contributed by atoms with E-state index in [9.17, 15) is 18.0 Å². The number of rotatable bonds is 14. The molecule has 3 rings (SSSR count). The van der Waals surface area contributed by atoms with Crippen molar-refractivity contribution < 1.29 is 27.5 Å². The highest BCUT2D eigenvalue weighted by atomic mass is 35.5. The second-order valence-corrected chi connectivity index (χ2v) is 12.8. The maximum atomic E-state index is 14.3. The number of hydrogen-bond acceptors (Lipinski definition) is 6. The summed E-state index contributed by atoms with van der Waals surface area (Å²) in [4.78, 5) is 29.4. The molecule has 0 aliphatic rings. The zero-order valence-corrected chi connectivity index (χ0v) is 27.2. The van der Waals surface area contributed by atoms with E-state index in [1.807, 2.05) is 44.2 Å². The standard InChI is InChI=1S/C31H37Cl2N3O6S/c1-6-21(2)34-31(38)28(16-22-10-8-7-9-11-22)35(19-23-12-13-24(32)17-26(23)33)30(37)20-36(43(5,39)40)27-15-14-25(41-3)18-29(27)42-4/h7-15,17-18,21,28H,6,16,19-20H2,1-5H3,(H,34,38)/t21-,28+/m1/s1. The molecule has 0 saturated carbocycles. The van der Waals surface area contributed by atoms with E-state index in [2.05, 4.69) is 5.32 Å². The Hall–Kier alpha value is -3.47. The summed E-state index contributed by atoms with van der Waals surface area (Å²) in [6.07, 6.45) is 1.87. The first-order valence-corrected chi connectivity index (χ1v) is 16.3. The molecule has 0 radical (unpaired) electrons. The van der Waals surface area contributed by atoms with Crippen molar-refractivity contribution in [2.75, 3.05) is 31.3 Å². The molecule has 0 heterocycles. The first-order chi connectivity index (χ1) is 20.4. The van der Waals surface area contributed by atoms with Crippen LogP contribution in [-0.4, -0.2) is 64.2 Å². The van der Waals surface area contributed by atoms with Crippen molar-refractivity contribution in [2.24, 2.45) is 0 Å². The summed E-state index contributed by atoms with van der Waals surface area (Å²) in [5.74, 6) is -0.344. The quantitative estimate of drug-likeness (QED) is 0.253. The average Bonchev–Trinajstić information content (AvgIpc) is 2.98. The lowest BCUT2D eigenvalue weighted by molar-refractivity contribution is -0.140. The lowest BCUT2D eigenvalue weighted by Crippen LogP contribution is -2.54. The number of nitrogens with zero attached hydrogens (tertiary/aromatic N) is 2. The minimum Gasteiger partial charge on any atom is -0.497 e. The predicted octanol–water partition coefficient (Wildman–Crippen LogP) is 5.33. The Bertz CT molecular complexity index is 1520. The third-order valence-corrected chi connectivity index (χ3v) is 8.68. The molecule has 2 atom stereocenters. The summed E-state index contributed by atoms with van der Waals surface area (Å²) >= 11 is 12.6. The number of sulfonamides is 1. The molecule has 2 amide bonds. The Kier molecular flexibility index (Phi) is 12.1. The molecule has 3 aromatic carbocycles. The number of ether oxygens (including phenoxy) is 2. The maximum absolute atomic E-state index is 14.3. The fourth-order valence-corrected chi connectivity index (χ4v) is 5.74. The predicted molar refractivity (Wildman–Crippen MR) is 171 cm³/mol. The number of carbonyl (C=O) groups is 2. The van der Waals surface area contributed by atoms with Crippen LogP contribution in [0.1, 0.15) is 31.4 Å². The Morgan fingerprint density at radius 3 is 2.26 bits per heavy atom. The van der Waals surface area contributed by atoms with Gasteiger partial charge in [0.05, 0.1) is 26.2 Å². The maximum Gasteiger partial charge on any atom is 0.244 e. The number of carbonyl (C=O) groups excluding carboxylic acids is 2. The van der Waals surface area contributed by atoms with Gasteiger partial charge in [0, 0.05) is 35.1 Å². The minimum absolute atomic E-state index is 0.0718. The van der Waals surface area contributed by atoms with Gasteiger partial charge in [0.1, 0.15) is 24.1 Å². The highest BCUT2D eigenvalue weighted by Gasteiger charge is 2.34. The van der Waals surface area contributed by atoms with Crippen LogP contribution < -0.4 is 19.1 Å². The van der Waals surface area contributed by atoms with Crippen molar-refractivity contribution in [3.8, 4) is 11.5 Å². The van der Waals surface area contributed by atoms with Crippen LogP contribution in [0.25, 0.3) is 0 Å². The normalized spacial score (nSPS) is 12.6. The van der Waals surface area contributed by atoms with Crippen LogP contribution in [-0.2, 0) is 32.6 Å². The third kappa shape index (κ3) is 9.26. The summed E-state index contributed by atoms with van der Waals surface area (Å²) < 4.78 is 37.8. The zero-order chi connectivity index (χ0) is 31.7. The molecule has 0 bridgehead atoms. The van der Waals surface area contributed by atoms with Crippen molar-refractivity contribution >= 4 is 50.7 Å². The smallest absolute Gasteiger partial charge is 0.244 e. The molecule has 0 aromatic heterocycles. The minimum atomic E-state index is -3.99.